The number of hydrogen-bond acceptors (Lipinski definition) is 17. The van der Waals surface area contributed by atoms with Gasteiger partial charge in [-0.1, -0.05) is 39.3 Å². The Morgan fingerprint density at radius 1 is 0.734 bits per heavy atom. The summed E-state index contributed by atoms with van der Waals surface area (Å²) in [6.07, 6.45) is -11.2. The normalized spacial score (nSPS) is 56.1. The molecule has 26 atom stereocenters. The van der Waals surface area contributed by atoms with Crippen LogP contribution in [0.15, 0.2) is 11.6 Å². The van der Waals surface area contributed by atoms with Crippen molar-refractivity contribution in [2.24, 2.45) is 46.3 Å². The van der Waals surface area contributed by atoms with Crippen LogP contribution in [-0.4, -0.2) is 165 Å². The summed E-state index contributed by atoms with van der Waals surface area (Å²) in [7, 11) is 0. The largest absolute Gasteiger partial charge is 0.463 e. The molecule has 5 saturated heterocycles. The Kier molecular flexibility index (Phi) is 13.3. The fraction of sp³-hybridized carbons (Fsp3) is 0.936. The van der Waals surface area contributed by atoms with E-state index in [0.29, 0.717) is 48.3 Å². The van der Waals surface area contributed by atoms with E-state index >= 15 is 0 Å². The highest BCUT2D eigenvalue weighted by atomic mass is 16.8. The topological polar surface area (TPSA) is 242 Å². The van der Waals surface area contributed by atoms with Crippen LogP contribution in [-0.2, 0) is 47.4 Å². The SMILES string of the molecule is CC(=O)OC[C@H]1O[C@@H](O[C@H]2CC[C@@]3(C)C(=CC[C@H]4[C@@H]5C[C@@H]6O[C@]7(CC[C@@H](C)CO7)[C@@H](C)[C@@H]6[C@@]5(C)CC[C@@H]43)C2)[C@H](O[C@@H]2O[C@@H](C)[C@H](O)[C@@H](O)[C@H]2O)[C@@H](O[C@@H]2O[C@@H](C)[C@H](O)[C@@H](O)[C@H]2O)[C@@H]1O. The first kappa shape index (κ1) is 47.7. The van der Waals surface area contributed by atoms with E-state index in [4.69, 9.17) is 42.6 Å². The van der Waals surface area contributed by atoms with Crippen LogP contribution < -0.4 is 0 Å². The van der Waals surface area contributed by atoms with Crippen LogP contribution in [0.25, 0.3) is 0 Å². The molecule has 9 rings (SSSR count). The number of carbonyl (C=O) groups excluding carboxylic acids is 1. The fourth-order valence-electron chi connectivity index (χ4n) is 14.1. The Bertz CT molecular complexity index is 1710. The minimum absolute atomic E-state index is 0.0507. The monoisotopic (exact) mass is 910 g/mol. The number of fused-ring (bicyclic) bond motifs is 7. The molecule has 8 fully saturated rings. The second-order valence-electron chi connectivity index (χ2n) is 21.7. The Labute approximate surface area is 376 Å². The summed E-state index contributed by atoms with van der Waals surface area (Å²) in [5, 5.41) is 76.2. The highest BCUT2D eigenvalue weighted by molar-refractivity contribution is 5.65. The second kappa shape index (κ2) is 17.8. The van der Waals surface area contributed by atoms with Crippen molar-refractivity contribution in [3.63, 3.8) is 0 Å². The van der Waals surface area contributed by atoms with Crippen molar-refractivity contribution < 1.29 is 83.2 Å². The van der Waals surface area contributed by atoms with E-state index in [2.05, 4.69) is 33.8 Å². The maximum Gasteiger partial charge on any atom is 0.302 e. The third kappa shape index (κ3) is 8.05. The third-order valence-electron chi connectivity index (χ3n) is 17.9. The van der Waals surface area contributed by atoms with Crippen LogP contribution in [0.2, 0.25) is 0 Å². The maximum atomic E-state index is 12.0. The van der Waals surface area contributed by atoms with E-state index in [0.717, 1.165) is 51.6 Å². The molecule has 0 radical (unpaired) electrons. The Balaban J connectivity index is 0.956. The molecule has 17 heteroatoms. The Morgan fingerprint density at radius 2 is 1.39 bits per heavy atom. The summed E-state index contributed by atoms with van der Waals surface area (Å²) in [5.74, 6) is 1.89. The molecule has 64 heavy (non-hydrogen) atoms. The molecule has 4 aliphatic carbocycles. The average Bonchev–Trinajstić information content (AvgIpc) is 3.71. The highest BCUT2D eigenvalue weighted by Gasteiger charge is 2.69. The van der Waals surface area contributed by atoms with Crippen molar-refractivity contribution >= 4 is 5.97 Å². The van der Waals surface area contributed by atoms with Gasteiger partial charge in [0.1, 0.15) is 67.6 Å². The predicted octanol–water partition coefficient (Wildman–Crippen LogP) is 1.81. The van der Waals surface area contributed by atoms with Gasteiger partial charge in [0.2, 0.25) is 0 Å². The zero-order valence-corrected chi connectivity index (χ0v) is 38.3. The molecule has 0 aromatic heterocycles. The van der Waals surface area contributed by atoms with Crippen LogP contribution >= 0.6 is 0 Å². The van der Waals surface area contributed by atoms with Gasteiger partial charge in [0.15, 0.2) is 24.7 Å². The van der Waals surface area contributed by atoms with Gasteiger partial charge in [-0.25, -0.2) is 0 Å². The standard InChI is InChI=1S/C47H74O17/c1-20-10-15-47(57-18-20)21(2)32-30(64-47)17-29-27-9-8-25-16-26(11-13-45(25,6)28(27)12-14-46(29,32)7)60-44-41(63-43-39(55)37(53)34(50)23(4)59-43)40(35(51)31(61-44)19-56-24(5)48)62-42-38(54)36(52)33(49)22(3)58-42/h8,20-23,26-44,49-55H,9-19H2,1-7H3/t20-,21+,22+,23+,26+,27-,28+,29+,30+,31-,32+,33+,34+,35-,36-,37-,38-,39-,40+,41-,42+,43+,44-,45+,46+,47-/m1/s1. The Morgan fingerprint density at radius 3 is 2.02 bits per heavy atom. The summed E-state index contributed by atoms with van der Waals surface area (Å²) in [6.45, 7) is 14.1. The van der Waals surface area contributed by atoms with Crippen LogP contribution in [0.1, 0.15) is 106 Å². The van der Waals surface area contributed by atoms with Crippen LogP contribution in [0.3, 0.4) is 0 Å². The number of hydrogen-bond donors (Lipinski definition) is 7. The number of allylic oxidation sites excluding steroid dienone is 1. The summed E-state index contributed by atoms with van der Waals surface area (Å²) in [5.41, 5.74) is 1.46. The molecule has 0 amide bonds. The molecule has 5 heterocycles. The number of aliphatic hydroxyl groups excluding tert-OH is 7. The maximum absolute atomic E-state index is 12.0. The molecule has 9 aliphatic rings. The Hall–Kier alpha value is -1.39. The predicted molar refractivity (Wildman–Crippen MR) is 222 cm³/mol. The fourth-order valence-corrected chi connectivity index (χ4v) is 14.1. The molecular weight excluding hydrogens is 837 g/mol. The molecule has 0 aromatic rings. The molecule has 5 aliphatic heterocycles. The van der Waals surface area contributed by atoms with Gasteiger partial charge in [-0.2, -0.15) is 0 Å². The molecular formula is C47H74O17. The molecule has 1 spiro atoms. The number of aliphatic hydroxyl groups is 7. The smallest absolute Gasteiger partial charge is 0.302 e. The summed E-state index contributed by atoms with van der Waals surface area (Å²) >= 11 is 0. The highest BCUT2D eigenvalue weighted by Crippen LogP contribution is 2.70. The van der Waals surface area contributed by atoms with Crippen molar-refractivity contribution in [1.82, 2.24) is 0 Å². The lowest BCUT2D eigenvalue weighted by atomic mass is 9.47. The van der Waals surface area contributed by atoms with Gasteiger partial charge in [-0.15, -0.1) is 0 Å². The number of ether oxygens (including phenoxy) is 9. The quantitative estimate of drug-likeness (QED) is 0.136. The van der Waals surface area contributed by atoms with Crippen LogP contribution in [0.5, 0.6) is 0 Å². The minimum Gasteiger partial charge on any atom is -0.463 e. The lowest BCUT2D eigenvalue weighted by Gasteiger charge is -2.59. The third-order valence-corrected chi connectivity index (χ3v) is 17.9. The number of rotatable bonds is 8. The minimum atomic E-state index is -1.76. The van der Waals surface area contributed by atoms with Crippen molar-refractivity contribution in [1.29, 1.82) is 0 Å². The van der Waals surface area contributed by atoms with Crippen molar-refractivity contribution in [2.45, 2.75) is 216 Å². The van der Waals surface area contributed by atoms with Crippen molar-refractivity contribution in [3.05, 3.63) is 11.6 Å². The van der Waals surface area contributed by atoms with E-state index in [1.165, 1.54) is 26.3 Å². The first-order valence-corrected chi connectivity index (χ1v) is 24.1. The van der Waals surface area contributed by atoms with E-state index < -0.39 is 117 Å². The van der Waals surface area contributed by atoms with Gasteiger partial charge < -0.3 is 78.4 Å². The van der Waals surface area contributed by atoms with Gasteiger partial charge in [0.05, 0.1) is 31.0 Å². The van der Waals surface area contributed by atoms with Gasteiger partial charge in [0.25, 0.3) is 0 Å². The van der Waals surface area contributed by atoms with Crippen LogP contribution in [0.4, 0.5) is 0 Å². The van der Waals surface area contributed by atoms with Crippen LogP contribution in [0, 0.1) is 46.3 Å². The summed E-state index contributed by atoms with van der Waals surface area (Å²) in [4.78, 5) is 12.0. The molecule has 0 aromatic carbocycles. The van der Waals surface area contributed by atoms with E-state index in [-0.39, 0.29) is 16.9 Å². The van der Waals surface area contributed by atoms with Crippen molar-refractivity contribution in [2.75, 3.05) is 13.2 Å². The molecule has 3 saturated carbocycles. The van der Waals surface area contributed by atoms with E-state index in [9.17, 15) is 40.5 Å². The number of carbonyl (C=O) groups is 1. The molecule has 0 bridgehead atoms. The van der Waals surface area contributed by atoms with Gasteiger partial charge in [-0.05, 0) is 106 Å². The average molecular weight is 911 g/mol. The number of esters is 1. The molecule has 364 valence electrons. The first-order chi connectivity index (χ1) is 30.3. The second-order valence-corrected chi connectivity index (χ2v) is 21.7. The molecule has 7 N–H and O–H groups in total. The zero-order valence-electron chi connectivity index (χ0n) is 38.3. The lowest BCUT2D eigenvalue weighted by Crippen LogP contribution is -2.67. The van der Waals surface area contributed by atoms with E-state index in [1.807, 2.05) is 0 Å². The van der Waals surface area contributed by atoms with Gasteiger partial charge in [-0.3, -0.25) is 4.79 Å². The van der Waals surface area contributed by atoms with Gasteiger partial charge in [0, 0.05) is 19.3 Å². The van der Waals surface area contributed by atoms with Crippen molar-refractivity contribution in [3.8, 4) is 0 Å². The molecule has 17 nitrogen and oxygen atoms in total. The zero-order chi connectivity index (χ0) is 45.8. The lowest BCUT2D eigenvalue weighted by molar-refractivity contribution is -0.393. The van der Waals surface area contributed by atoms with E-state index in [1.54, 1.807) is 0 Å². The molecule has 0 unspecified atom stereocenters. The van der Waals surface area contributed by atoms with Gasteiger partial charge >= 0.3 is 5.97 Å². The first-order valence-electron chi connectivity index (χ1n) is 24.1. The summed E-state index contributed by atoms with van der Waals surface area (Å²) < 4.78 is 56.3. The summed E-state index contributed by atoms with van der Waals surface area (Å²) in [6, 6.07) is 0.